The van der Waals surface area contributed by atoms with Crippen molar-refractivity contribution in [2.75, 3.05) is 13.1 Å². The maximum absolute atomic E-state index is 4.82. The first-order chi connectivity index (χ1) is 12.9. The van der Waals surface area contributed by atoms with Crippen molar-refractivity contribution in [2.24, 2.45) is 0 Å². The van der Waals surface area contributed by atoms with Crippen molar-refractivity contribution in [1.29, 1.82) is 0 Å². The van der Waals surface area contributed by atoms with Crippen LogP contribution in [0.1, 0.15) is 30.1 Å². The Bertz CT molecular complexity index is 1050. The first kappa shape index (κ1) is 15.5. The lowest BCUT2D eigenvalue weighted by molar-refractivity contribution is 0.200. The van der Waals surface area contributed by atoms with Crippen molar-refractivity contribution in [1.82, 2.24) is 24.5 Å². The highest BCUT2D eigenvalue weighted by Crippen LogP contribution is 2.28. The van der Waals surface area contributed by atoms with Gasteiger partial charge in [0.25, 0.3) is 0 Å². The molecule has 0 N–H and O–H groups in total. The summed E-state index contributed by atoms with van der Waals surface area (Å²) in [5.74, 6) is 0.543. The molecule has 26 heavy (non-hydrogen) atoms. The summed E-state index contributed by atoms with van der Waals surface area (Å²) < 4.78 is 1.99. The number of piperidine rings is 1. The van der Waals surface area contributed by atoms with E-state index in [2.05, 4.69) is 57.4 Å². The summed E-state index contributed by atoms with van der Waals surface area (Å²) in [7, 11) is 0. The molecule has 0 amide bonds. The van der Waals surface area contributed by atoms with Crippen molar-refractivity contribution < 1.29 is 0 Å². The Morgan fingerprint density at radius 2 is 1.81 bits per heavy atom. The number of hydrogen-bond donors (Lipinski definition) is 0. The predicted molar refractivity (Wildman–Crippen MR) is 102 cm³/mol. The molecule has 1 fully saturated rings. The van der Waals surface area contributed by atoms with Crippen molar-refractivity contribution in [3.63, 3.8) is 0 Å². The van der Waals surface area contributed by atoms with E-state index >= 15 is 0 Å². The fraction of sp³-hybridized carbons (Fsp3) is 0.286. The molecule has 0 spiro atoms. The van der Waals surface area contributed by atoms with Crippen LogP contribution in [0.25, 0.3) is 16.6 Å². The number of pyridine rings is 1. The van der Waals surface area contributed by atoms with E-state index in [1.54, 1.807) is 0 Å². The molecule has 5 rings (SSSR count). The topological polar surface area (TPSA) is 46.3 Å². The van der Waals surface area contributed by atoms with Gasteiger partial charge in [-0.2, -0.15) is 5.10 Å². The average molecular weight is 343 g/mol. The minimum atomic E-state index is 0.543. The molecule has 1 aliphatic rings. The number of aromatic nitrogens is 4. The molecule has 0 unspecified atom stereocenters. The molecule has 4 heterocycles. The van der Waals surface area contributed by atoms with Crippen LogP contribution in [0.15, 0.2) is 60.9 Å². The lowest BCUT2D eigenvalue weighted by Gasteiger charge is -2.31. The van der Waals surface area contributed by atoms with Gasteiger partial charge in [0.05, 0.1) is 17.4 Å². The molecule has 0 radical (unpaired) electrons. The van der Waals surface area contributed by atoms with Crippen LogP contribution >= 0.6 is 0 Å². The zero-order chi connectivity index (χ0) is 17.3. The number of rotatable bonds is 3. The van der Waals surface area contributed by atoms with Crippen LogP contribution in [0, 0.1) is 0 Å². The van der Waals surface area contributed by atoms with Gasteiger partial charge < -0.3 is 0 Å². The van der Waals surface area contributed by atoms with Gasteiger partial charge in [-0.05, 0) is 44.1 Å². The molecule has 0 saturated carbocycles. The van der Waals surface area contributed by atoms with Crippen LogP contribution in [-0.4, -0.2) is 37.6 Å². The van der Waals surface area contributed by atoms with Crippen LogP contribution in [0.5, 0.6) is 0 Å². The monoisotopic (exact) mass is 343 g/mol. The second kappa shape index (κ2) is 6.50. The summed E-state index contributed by atoms with van der Waals surface area (Å²) >= 11 is 0. The highest BCUT2D eigenvalue weighted by molar-refractivity contribution is 5.78. The summed E-state index contributed by atoms with van der Waals surface area (Å²) in [5.41, 5.74) is 4.45. The Morgan fingerprint density at radius 3 is 2.73 bits per heavy atom. The Labute approximate surface area is 152 Å². The molecule has 1 aromatic carbocycles. The van der Waals surface area contributed by atoms with Crippen LogP contribution < -0.4 is 0 Å². The zero-order valence-corrected chi connectivity index (χ0v) is 14.6. The fourth-order valence-corrected chi connectivity index (χ4v) is 3.97. The van der Waals surface area contributed by atoms with Gasteiger partial charge in [-0.1, -0.05) is 24.3 Å². The number of hydrogen-bond acceptors (Lipinski definition) is 4. The van der Waals surface area contributed by atoms with Gasteiger partial charge in [-0.3, -0.25) is 9.88 Å². The lowest BCUT2D eigenvalue weighted by atomic mass is 9.93. The van der Waals surface area contributed by atoms with Crippen LogP contribution in [-0.2, 0) is 6.54 Å². The highest BCUT2D eigenvalue weighted by Gasteiger charge is 2.23. The molecule has 0 atom stereocenters. The predicted octanol–water partition coefficient (Wildman–Crippen LogP) is 3.66. The number of benzene rings is 1. The maximum Gasteiger partial charge on any atom is 0.155 e. The molecule has 1 aliphatic heterocycles. The van der Waals surface area contributed by atoms with E-state index in [0.29, 0.717) is 5.92 Å². The Morgan fingerprint density at radius 1 is 0.923 bits per heavy atom. The summed E-state index contributed by atoms with van der Waals surface area (Å²) in [6, 6.07) is 16.7. The Kier molecular flexibility index (Phi) is 3.87. The second-order valence-electron chi connectivity index (χ2n) is 7.02. The molecule has 1 saturated heterocycles. The van der Waals surface area contributed by atoms with Crippen molar-refractivity contribution in [3.8, 4) is 0 Å². The van der Waals surface area contributed by atoms with E-state index in [9.17, 15) is 0 Å². The summed E-state index contributed by atoms with van der Waals surface area (Å²) in [5, 5.41) is 5.64. The minimum absolute atomic E-state index is 0.543. The molecular weight excluding hydrogens is 322 g/mol. The number of nitrogens with zero attached hydrogens (tertiary/aromatic N) is 5. The van der Waals surface area contributed by atoms with Crippen LogP contribution in [0.2, 0.25) is 0 Å². The molecule has 3 aromatic heterocycles. The summed E-state index contributed by atoms with van der Waals surface area (Å²) in [4.78, 5) is 11.7. The van der Waals surface area contributed by atoms with Gasteiger partial charge in [0.1, 0.15) is 0 Å². The first-order valence-corrected chi connectivity index (χ1v) is 9.22. The maximum atomic E-state index is 4.82. The SMILES string of the molecule is c1ccc2nc(CN3CCC(c4ccnc5ccnn45)CC3)ccc2c1. The molecule has 0 bridgehead atoms. The normalized spacial score (nSPS) is 16.5. The second-order valence-corrected chi connectivity index (χ2v) is 7.02. The Hall–Kier alpha value is -2.79. The quantitative estimate of drug-likeness (QED) is 0.569. The van der Waals surface area contributed by atoms with Gasteiger partial charge in [0.2, 0.25) is 0 Å². The van der Waals surface area contributed by atoms with E-state index < -0.39 is 0 Å². The van der Waals surface area contributed by atoms with Gasteiger partial charge in [-0.25, -0.2) is 9.50 Å². The van der Waals surface area contributed by atoms with E-state index in [4.69, 9.17) is 4.98 Å². The highest BCUT2D eigenvalue weighted by atomic mass is 15.3. The van der Waals surface area contributed by atoms with Crippen molar-refractivity contribution in [2.45, 2.75) is 25.3 Å². The third-order valence-electron chi connectivity index (χ3n) is 5.37. The van der Waals surface area contributed by atoms with E-state index in [1.165, 1.54) is 11.1 Å². The molecule has 4 aromatic rings. The van der Waals surface area contributed by atoms with Crippen molar-refractivity contribution >= 4 is 16.6 Å². The van der Waals surface area contributed by atoms with Gasteiger partial charge in [0.15, 0.2) is 5.65 Å². The van der Waals surface area contributed by atoms with E-state index in [-0.39, 0.29) is 0 Å². The lowest BCUT2D eigenvalue weighted by Crippen LogP contribution is -2.33. The molecular formula is C21H21N5. The first-order valence-electron chi connectivity index (χ1n) is 9.22. The van der Waals surface area contributed by atoms with E-state index in [0.717, 1.165) is 49.3 Å². The average Bonchev–Trinajstić information content (AvgIpc) is 3.17. The van der Waals surface area contributed by atoms with Crippen LogP contribution in [0.4, 0.5) is 0 Å². The molecule has 0 aliphatic carbocycles. The molecule has 5 nitrogen and oxygen atoms in total. The van der Waals surface area contributed by atoms with Gasteiger partial charge >= 0.3 is 0 Å². The van der Waals surface area contributed by atoms with Gasteiger partial charge in [0, 0.05) is 35.8 Å². The summed E-state index contributed by atoms with van der Waals surface area (Å²) in [6.45, 7) is 3.10. The van der Waals surface area contributed by atoms with E-state index in [1.807, 2.05) is 23.0 Å². The minimum Gasteiger partial charge on any atom is -0.297 e. The smallest absolute Gasteiger partial charge is 0.155 e. The number of likely N-dealkylation sites (tertiary alicyclic amines) is 1. The Balaban J connectivity index is 1.28. The number of para-hydroxylation sites is 1. The van der Waals surface area contributed by atoms with Crippen molar-refractivity contribution in [3.05, 3.63) is 72.3 Å². The fourth-order valence-electron chi connectivity index (χ4n) is 3.97. The standard InChI is InChI=1S/C21H21N5/c1-2-4-19-16(3-1)5-6-18(24-19)15-25-13-9-17(10-14-25)20-7-11-22-21-8-12-23-26(20)21/h1-8,11-12,17H,9-10,13-15H2. The number of fused-ring (bicyclic) bond motifs is 2. The molecule has 5 heteroatoms. The molecule has 130 valence electrons. The third kappa shape index (κ3) is 2.84. The zero-order valence-electron chi connectivity index (χ0n) is 14.6. The largest absolute Gasteiger partial charge is 0.297 e. The summed E-state index contributed by atoms with van der Waals surface area (Å²) in [6.07, 6.45) is 6.02. The van der Waals surface area contributed by atoms with Gasteiger partial charge in [-0.15, -0.1) is 0 Å². The van der Waals surface area contributed by atoms with Crippen LogP contribution in [0.3, 0.4) is 0 Å². The third-order valence-corrected chi connectivity index (χ3v) is 5.37.